The summed E-state index contributed by atoms with van der Waals surface area (Å²) in [6.07, 6.45) is 4.63. The van der Waals surface area contributed by atoms with Crippen molar-refractivity contribution in [1.29, 1.82) is 0 Å². The monoisotopic (exact) mass is 319 g/mol. The minimum Gasteiger partial charge on any atom is -0.496 e. The van der Waals surface area contributed by atoms with Crippen molar-refractivity contribution in [1.82, 2.24) is 5.32 Å². The van der Waals surface area contributed by atoms with Gasteiger partial charge in [-0.05, 0) is 12.8 Å². The van der Waals surface area contributed by atoms with Crippen LogP contribution in [0.4, 0.5) is 0 Å². The average Bonchev–Trinajstić information content (AvgIpc) is 2.82. The van der Waals surface area contributed by atoms with Crippen molar-refractivity contribution in [2.75, 3.05) is 19.0 Å². The van der Waals surface area contributed by atoms with Gasteiger partial charge < -0.3 is 10.1 Å². The smallest absolute Gasteiger partial charge is 0.261 e. The van der Waals surface area contributed by atoms with Gasteiger partial charge in [0.05, 0.1) is 12.0 Å². The van der Waals surface area contributed by atoms with Crippen LogP contribution in [0.15, 0.2) is 11.4 Å². The molecule has 96 valence electrons. The van der Waals surface area contributed by atoms with Crippen LogP contribution in [-0.2, 0) is 0 Å². The molecule has 0 aliphatic rings. The maximum Gasteiger partial charge on any atom is 0.261 e. The topological polar surface area (TPSA) is 38.3 Å². The molecule has 1 aromatic heterocycles. The quantitative estimate of drug-likeness (QED) is 0.588. The molecule has 0 fully saturated rings. The van der Waals surface area contributed by atoms with E-state index < -0.39 is 0 Å². The number of methoxy groups -OCH3 is 1. The second kappa shape index (κ2) is 8.53. The number of hydrogen-bond donors (Lipinski definition) is 1. The van der Waals surface area contributed by atoms with Gasteiger partial charge in [0.1, 0.15) is 5.75 Å². The number of rotatable bonds is 8. The molecule has 0 aromatic carbocycles. The Morgan fingerprint density at radius 1 is 1.41 bits per heavy atom. The van der Waals surface area contributed by atoms with Crippen molar-refractivity contribution in [3.05, 3.63) is 16.3 Å². The van der Waals surface area contributed by atoms with Crippen molar-refractivity contribution < 1.29 is 9.53 Å². The number of thiophene rings is 1. The SMILES string of the molecule is COc1csc(C(=O)NCCCCCCBr)c1. The highest BCUT2D eigenvalue weighted by molar-refractivity contribution is 9.09. The number of amides is 1. The van der Waals surface area contributed by atoms with Gasteiger partial charge in [0.2, 0.25) is 0 Å². The maximum atomic E-state index is 11.7. The number of nitrogens with one attached hydrogen (secondary N) is 1. The molecule has 1 rings (SSSR count). The van der Waals surface area contributed by atoms with Crippen LogP contribution in [-0.4, -0.2) is 24.9 Å². The van der Waals surface area contributed by atoms with Crippen LogP contribution in [0.25, 0.3) is 0 Å². The lowest BCUT2D eigenvalue weighted by Gasteiger charge is -2.02. The molecular weight excluding hydrogens is 302 g/mol. The number of hydrogen-bond acceptors (Lipinski definition) is 3. The van der Waals surface area contributed by atoms with E-state index in [9.17, 15) is 4.79 Å². The van der Waals surface area contributed by atoms with Crippen molar-refractivity contribution in [3.8, 4) is 5.75 Å². The van der Waals surface area contributed by atoms with Gasteiger partial charge in [0.15, 0.2) is 0 Å². The molecule has 0 saturated heterocycles. The first-order valence-electron chi connectivity index (χ1n) is 5.74. The van der Waals surface area contributed by atoms with E-state index >= 15 is 0 Å². The van der Waals surface area contributed by atoms with Gasteiger partial charge in [-0.3, -0.25) is 4.79 Å². The van der Waals surface area contributed by atoms with E-state index in [2.05, 4.69) is 21.2 Å². The number of carbonyl (C=O) groups excluding carboxylic acids is 1. The minimum atomic E-state index is -0.00112. The number of unbranched alkanes of at least 4 members (excludes halogenated alkanes) is 3. The van der Waals surface area contributed by atoms with Crippen LogP contribution < -0.4 is 10.1 Å². The Morgan fingerprint density at radius 3 is 2.82 bits per heavy atom. The molecule has 1 heterocycles. The van der Waals surface area contributed by atoms with Gasteiger partial charge >= 0.3 is 0 Å². The summed E-state index contributed by atoms with van der Waals surface area (Å²) < 4.78 is 5.04. The third-order valence-corrected chi connectivity index (χ3v) is 3.85. The lowest BCUT2D eigenvalue weighted by molar-refractivity contribution is 0.0957. The van der Waals surface area contributed by atoms with Crippen molar-refractivity contribution >= 4 is 33.2 Å². The van der Waals surface area contributed by atoms with Crippen LogP contribution in [0.3, 0.4) is 0 Å². The van der Waals surface area contributed by atoms with Gasteiger partial charge in [0, 0.05) is 23.3 Å². The predicted molar refractivity (Wildman–Crippen MR) is 75.5 cm³/mol. The molecule has 1 amide bonds. The fourth-order valence-electron chi connectivity index (χ4n) is 1.41. The van der Waals surface area contributed by atoms with E-state index in [-0.39, 0.29) is 5.91 Å². The summed E-state index contributed by atoms with van der Waals surface area (Å²) in [7, 11) is 1.60. The second-order valence-electron chi connectivity index (χ2n) is 3.71. The van der Waals surface area contributed by atoms with E-state index in [0.717, 1.165) is 24.0 Å². The Labute approximate surface area is 115 Å². The van der Waals surface area contributed by atoms with Gasteiger partial charge in [0.25, 0.3) is 5.91 Å². The standard InChI is InChI=1S/C12H18BrNO2S/c1-16-10-8-11(17-9-10)12(15)14-7-5-3-2-4-6-13/h8-9H,2-7H2,1H3,(H,14,15). The van der Waals surface area contributed by atoms with E-state index in [1.54, 1.807) is 13.2 Å². The first-order chi connectivity index (χ1) is 8.27. The van der Waals surface area contributed by atoms with Gasteiger partial charge in [-0.15, -0.1) is 11.3 Å². The molecule has 0 radical (unpaired) electrons. The average molecular weight is 320 g/mol. The summed E-state index contributed by atoms with van der Waals surface area (Å²) in [5, 5.41) is 5.82. The Kier molecular flexibility index (Phi) is 7.28. The van der Waals surface area contributed by atoms with E-state index in [1.807, 2.05) is 5.38 Å². The Bertz CT molecular complexity index is 341. The maximum absolute atomic E-state index is 11.7. The van der Waals surface area contributed by atoms with E-state index in [4.69, 9.17) is 4.74 Å². The van der Waals surface area contributed by atoms with Gasteiger partial charge in [-0.2, -0.15) is 0 Å². The molecule has 3 nitrogen and oxygen atoms in total. The highest BCUT2D eigenvalue weighted by Gasteiger charge is 2.08. The molecule has 0 unspecified atom stereocenters. The zero-order valence-electron chi connectivity index (χ0n) is 10.0. The third-order valence-electron chi connectivity index (χ3n) is 2.38. The summed E-state index contributed by atoms with van der Waals surface area (Å²) in [5.74, 6) is 0.747. The van der Waals surface area contributed by atoms with Crippen molar-refractivity contribution in [3.63, 3.8) is 0 Å². The molecule has 0 atom stereocenters. The van der Waals surface area contributed by atoms with Gasteiger partial charge in [-0.25, -0.2) is 0 Å². The summed E-state index contributed by atoms with van der Waals surface area (Å²) in [6, 6.07) is 1.77. The lowest BCUT2D eigenvalue weighted by atomic mass is 10.2. The Hall–Kier alpha value is -0.550. The first kappa shape index (κ1) is 14.5. The molecule has 5 heteroatoms. The third kappa shape index (κ3) is 5.55. The summed E-state index contributed by atoms with van der Waals surface area (Å²) in [6.45, 7) is 0.751. The summed E-state index contributed by atoms with van der Waals surface area (Å²) >= 11 is 4.81. The minimum absolute atomic E-state index is 0.00112. The Morgan fingerprint density at radius 2 is 2.18 bits per heavy atom. The van der Waals surface area contributed by atoms with E-state index in [1.165, 1.54) is 30.6 Å². The van der Waals surface area contributed by atoms with Gasteiger partial charge in [-0.1, -0.05) is 28.8 Å². The zero-order valence-corrected chi connectivity index (χ0v) is 12.4. The van der Waals surface area contributed by atoms with Crippen LogP contribution >= 0.6 is 27.3 Å². The molecule has 0 saturated carbocycles. The molecule has 17 heavy (non-hydrogen) atoms. The lowest BCUT2D eigenvalue weighted by Crippen LogP contribution is -2.23. The number of carbonyl (C=O) groups is 1. The molecule has 0 aliphatic heterocycles. The number of halogens is 1. The van der Waals surface area contributed by atoms with Crippen molar-refractivity contribution in [2.24, 2.45) is 0 Å². The molecule has 1 N–H and O–H groups in total. The Balaban J connectivity index is 2.16. The molecule has 0 spiro atoms. The van der Waals surface area contributed by atoms with Crippen LogP contribution in [0.2, 0.25) is 0 Å². The highest BCUT2D eigenvalue weighted by Crippen LogP contribution is 2.20. The fourth-order valence-corrected chi connectivity index (χ4v) is 2.57. The first-order valence-corrected chi connectivity index (χ1v) is 7.74. The van der Waals surface area contributed by atoms with Crippen molar-refractivity contribution in [2.45, 2.75) is 25.7 Å². The van der Waals surface area contributed by atoms with Crippen LogP contribution in [0.5, 0.6) is 5.75 Å². The highest BCUT2D eigenvalue weighted by atomic mass is 79.9. The number of alkyl halides is 1. The summed E-state index contributed by atoms with van der Waals surface area (Å²) in [4.78, 5) is 12.4. The molecule has 0 bridgehead atoms. The van der Waals surface area contributed by atoms with E-state index in [0.29, 0.717) is 4.88 Å². The normalized spacial score (nSPS) is 10.2. The second-order valence-corrected chi connectivity index (χ2v) is 5.41. The molecule has 0 aliphatic carbocycles. The largest absolute Gasteiger partial charge is 0.496 e. The number of ether oxygens (including phenoxy) is 1. The van der Waals surface area contributed by atoms with Crippen LogP contribution in [0.1, 0.15) is 35.4 Å². The summed E-state index contributed by atoms with van der Waals surface area (Å²) in [5.41, 5.74) is 0. The fraction of sp³-hybridized carbons (Fsp3) is 0.583. The predicted octanol–water partition coefficient (Wildman–Crippen LogP) is 3.44. The van der Waals surface area contributed by atoms with Crippen LogP contribution in [0, 0.1) is 0 Å². The zero-order chi connectivity index (χ0) is 12.5. The molecular formula is C12H18BrNO2S. The molecule has 1 aromatic rings.